The van der Waals surface area contributed by atoms with E-state index in [-0.39, 0.29) is 5.91 Å². The maximum atomic E-state index is 12.0. The standard InChI is InChI=1S/C16H19ClN4O2/c1-12-10-15(19-23-12)18-16(22)11-20-6-8-21(9-7-20)14-5-3-2-4-13(14)17/h2-5,10H,6-9,11H2,1H3,(H,18,19,22). The molecule has 1 saturated heterocycles. The predicted octanol–water partition coefficient (Wildman–Crippen LogP) is 2.40. The highest BCUT2D eigenvalue weighted by Crippen LogP contribution is 2.25. The Kier molecular flexibility index (Phi) is 4.83. The Morgan fingerprint density at radius 3 is 2.70 bits per heavy atom. The second-order valence-electron chi connectivity index (χ2n) is 5.59. The van der Waals surface area contributed by atoms with Crippen LogP contribution in [0.5, 0.6) is 0 Å². The van der Waals surface area contributed by atoms with Crippen LogP contribution in [0.3, 0.4) is 0 Å². The van der Waals surface area contributed by atoms with Crippen molar-refractivity contribution in [2.45, 2.75) is 6.92 Å². The van der Waals surface area contributed by atoms with Gasteiger partial charge in [0, 0.05) is 32.2 Å². The van der Waals surface area contributed by atoms with Crippen LogP contribution in [-0.4, -0.2) is 48.7 Å². The zero-order valence-electron chi connectivity index (χ0n) is 13.0. The van der Waals surface area contributed by atoms with Gasteiger partial charge in [0.1, 0.15) is 5.76 Å². The molecule has 1 aliphatic rings. The van der Waals surface area contributed by atoms with Gasteiger partial charge in [-0.3, -0.25) is 9.69 Å². The molecule has 0 saturated carbocycles. The zero-order valence-corrected chi connectivity index (χ0v) is 13.7. The van der Waals surface area contributed by atoms with Crippen molar-refractivity contribution < 1.29 is 9.32 Å². The summed E-state index contributed by atoms with van der Waals surface area (Å²) >= 11 is 6.24. The molecule has 3 rings (SSSR count). The number of anilines is 2. The van der Waals surface area contributed by atoms with Crippen molar-refractivity contribution in [2.75, 3.05) is 42.9 Å². The number of nitrogens with one attached hydrogen (secondary N) is 1. The van der Waals surface area contributed by atoms with E-state index >= 15 is 0 Å². The summed E-state index contributed by atoms with van der Waals surface area (Å²) in [7, 11) is 0. The maximum absolute atomic E-state index is 12.0. The largest absolute Gasteiger partial charge is 0.368 e. The first kappa shape index (κ1) is 15.8. The fraction of sp³-hybridized carbons (Fsp3) is 0.375. The monoisotopic (exact) mass is 334 g/mol. The van der Waals surface area contributed by atoms with Gasteiger partial charge in [0.25, 0.3) is 0 Å². The number of benzene rings is 1. The van der Waals surface area contributed by atoms with Gasteiger partial charge in [0.15, 0.2) is 5.82 Å². The highest BCUT2D eigenvalue weighted by Gasteiger charge is 2.20. The van der Waals surface area contributed by atoms with E-state index < -0.39 is 0 Å². The molecule has 1 fully saturated rings. The average Bonchev–Trinajstić information content (AvgIpc) is 2.93. The highest BCUT2D eigenvalue weighted by molar-refractivity contribution is 6.33. The molecule has 1 aliphatic heterocycles. The van der Waals surface area contributed by atoms with Gasteiger partial charge in [0.05, 0.1) is 17.3 Å². The number of piperazine rings is 1. The first-order valence-electron chi connectivity index (χ1n) is 7.57. The number of halogens is 1. The van der Waals surface area contributed by atoms with Crippen molar-refractivity contribution >= 4 is 29.0 Å². The normalized spacial score (nSPS) is 15.7. The number of carbonyl (C=O) groups excluding carboxylic acids is 1. The van der Waals surface area contributed by atoms with Crippen LogP contribution in [0.1, 0.15) is 5.76 Å². The molecule has 0 spiro atoms. The predicted molar refractivity (Wildman–Crippen MR) is 90.0 cm³/mol. The summed E-state index contributed by atoms with van der Waals surface area (Å²) in [5.74, 6) is 1.06. The third-order valence-electron chi connectivity index (χ3n) is 3.83. The second kappa shape index (κ2) is 7.02. The van der Waals surface area contributed by atoms with Crippen molar-refractivity contribution in [2.24, 2.45) is 0 Å². The van der Waals surface area contributed by atoms with Crippen molar-refractivity contribution in [3.8, 4) is 0 Å². The Labute approximate surface area is 140 Å². The number of aryl methyl sites for hydroxylation is 1. The lowest BCUT2D eigenvalue weighted by Gasteiger charge is -2.36. The van der Waals surface area contributed by atoms with Crippen LogP contribution in [-0.2, 0) is 4.79 Å². The number of amides is 1. The summed E-state index contributed by atoms with van der Waals surface area (Å²) in [5, 5.41) is 7.27. The van der Waals surface area contributed by atoms with Crippen LogP contribution in [0.4, 0.5) is 11.5 Å². The van der Waals surface area contributed by atoms with Crippen molar-refractivity contribution in [3.63, 3.8) is 0 Å². The van der Waals surface area contributed by atoms with E-state index in [0.29, 0.717) is 18.1 Å². The Morgan fingerprint density at radius 1 is 1.30 bits per heavy atom. The van der Waals surface area contributed by atoms with Gasteiger partial charge in [-0.25, -0.2) is 0 Å². The van der Waals surface area contributed by atoms with Crippen LogP contribution in [0.15, 0.2) is 34.9 Å². The summed E-state index contributed by atoms with van der Waals surface area (Å²) < 4.78 is 4.93. The summed E-state index contributed by atoms with van der Waals surface area (Å²) in [6, 6.07) is 9.54. The van der Waals surface area contributed by atoms with Gasteiger partial charge < -0.3 is 14.7 Å². The molecule has 122 valence electrons. The van der Waals surface area contributed by atoms with E-state index in [4.69, 9.17) is 16.1 Å². The molecule has 0 atom stereocenters. The first-order chi connectivity index (χ1) is 11.1. The number of rotatable bonds is 4. The Morgan fingerprint density at radius 2 is 2.04 bits per heavy atom. The minimum Gasteiger partial charge on any atom is -0.368 e. The molecule has 1 aromatic heterocycles. The van der Waals surface area contributed by atoms with Gasteiger partial charge in [0.2, 0.25) is 5.91 Å². The van der Waals surface area contributed by atoms with E-state index in [0.717, 1.165) is 36.9 Å². The van der Waals surface area contributed by atoms with Crippen LogP contribution < -0.4 is 10.2 Å². The van der Waals surface area contributed by atoms with Gasteiger partial charge >= 0.3 is 0 Å². The molecular weight excluding hydrogens is 316 g/mol. The SMILES string of the molecule is Cc1cc(NC(=O)CN2CCN(c3ccccc3Cl)CC2)no1. The number of hydrogen-bond acceptors (Lipinski definition) is 5. The van der Waals surface area contributed by atoms with E-state index in [1.54, 1.807) is 13.0 Å². The topological polar surface area (TPSA) is 61.6 Å². The number of aromatic nitrogens is 1. The summed E-state index contributed by atoms with van der Waals surface area (Å²) in [6.45, 7) is 5.46. The molecule has 1 amide bonds. The van der Waals surface area contributed by atoms with Crippen LogP contribution in [0.2, 0.25) is 5.02 Å². The average molecular weight is 335 g/mol. The second-order valence-corrected chi connectivity index (χ2v) is 5.99. The Bertz CT molecular complexity index is 680. The third-order valence-corrected chi connectivity index (χ3v) is 4.15. The van der Waals surface area contributed by atoms with E-state index in [9.17, 15) is 4.79 Å². The van der Waals surface area contributed by atoms with Crippen molar-refractivity contribution in [1.29, 1.82) is 0 Å². The van der Waals surface area contributed by atoms with Gasteiger partial charge in [-0.2, -0.15) is 0 Å². The fourth-order valence-electron chi connectivity index (χ4n) is 2.67. The minimum atomic E-state index is -0.0792. The maximum Gasteiger partial charge on any atom is 0.239 e. The molecule has 0 radical (unpaired) electrons. The smallest absolute Gasteiger partial charge is 0.239 e. The van der Waals surface area contributed by atoms with Crippen molar-refractivity contribution in [1.82, 2.24) is 10.1 Å². The number of carbonyl (C=O) groups is 1. The van der Waals surface area contributed by atoms with Gasteiger partial charge in [-0.05, 0) is 19.1 Å². The van der Waals surface area contributed by atoms with E-state index in [1.807, 2.05) is 24.3 Å². The molecule has 2 aromatic rings. The lowest BCUT2D eigenvalue weighted by molar-refractivity contribution is -0.117. The number of nitrogens with zero attached hydrogens (tertiary/aromatic N) is 3. The van der Waals surface area contributed by atoms with Crippen LogP contribution in [0.25, 0.3) is 0 Å². The Balaban J connectivity index is 1.49. The number of hydrogen-bond donors (Lipinski definition) is 1. The molecule has 6 nitrogen and oxygen atoms in total. The molecule has 0 unspecified atom stereocenters. The minimum absolute atomic E-state index is 0.0792. The molecule has 1 N–H and O–H groups in total. The molecule has 1 aromatic carbocycles. The number of para-hydroxylation sites is 1. The molecule has 7 heteroatoms. The van der Waals surface area contributed by atoms with Crippen molar-refractivity contribution in [3.05, 3.63) is 41.1 Å². The molecule has 23 heavy (non-hydrogen) atoms. The van der Waals surface area contributed by atoms with Gasteiger partial charge in [-0.15, -0.1) is 0 Å². The molecule has 2 heterocycles. The fourth-order valence-corrected chi connectivity index (χ4v) is 2.92. The van der Waals surface area contributed by atoms with Crippen LogP contribution in [0, 0.1) is 6.92 Å². The van der Waals surface area contributed by atoms with E-state index in [2.05, 4.69) is 20.3 Å². The molecular formula is C16H19ClN4O2. The molecule has 0 aliphatic carbocycles. The lowest BCUT2D eigenvalue weighted by Crippen LogP contribution is -2.48. The summed E-state index contributed by atoms with van der Waals surface area (Å²) in [4.78, 5) is 16.4. The Hall–Kier alpha value is -2.05. The highest BCUT2D eigenvalue weighted by atomic mass is 35.5. The lowest BCUT2D eigenvalue weighted by atomic mass is 10.2. The zero-order chi connectivity index (χ0) is 16.2. The third kappa shape index (κ3) is 4.03. The quantitative estimate of drug-likeness (QED) is 0.930. The van der Waals surface area contributed by atoms with E-state index in [1.165, 1.54) is 0 Å². The molecule has 0 bridgehead atoms. The van der Waals surface area contributed by atoms with Crippen LogP contribution >= 0.6 is 11.6 Å². The summed E-state index contributed by atoms with van der Waals surface area (Å²) in [5.41, 5.74) is 1.05. The summed E-state index contributed by atoms with van der Waals surface area (Å²) in [6.07, 6.45) is 0. The first-order valence-corrected chi connectivity index (χ1v) is 7.94. The van der Waals surface area contributed by atoms with Gasteiger partial charge in [-0.1, -0.05) is 28.9 Å².